The molecule has 1 atom stereocenters. The van der Waals surface area contributed by atoms with Gasteiger partial charge < -0.3 is 9.73 Å². The van der Waals surface area contributed by atoms with Gasteiger partial charge in [0.05, 0.1) is 19.1 Å². The van der Waals surface area contributed by atoms with Gasteiger partial charge in [-0.2, -0.15) is 0 Å². The maximum atomic E-state index is 11.4. The molecule has 1 aromatic rings. The zero-order valence-electron chi connectivity index (χ0n) is 9.54. The zero-order chi connectivity index (χ0) is 12.0. The molecule has 0 bridgehead atoms. The molecule has 4 nitrogen and oxygen atoms in total. The van der Waals surface area contributed by atoms with Gasteiger partial charge in [0.15, 0.2) is 0 Å². The van der Waals surface area contributed by atoms with Crippen molar-refractivity contribution in [2.24, 2.45) is 0 Å². The maximum Gasteiger partial charge on any atom is 0.234 e. The van der Waals surface area contributed by atoms with Crippen LogP contribution in [-0.4, -0.2) is 19.0 Å². The Kier molecular flexibility index (Phi) is 4.62. The molecule has 0 aromatic carbocycles. The van der Waals surface area contributed by atoms with E-state index in [4.69, 9.17) is 10.8 Å². The molecule has 0 radical (unpaired) electrons. The lowest BCUT2D eigenvalue weighted by Gasteiger charge is -2.11. The van der Waals surface area contributed by atoms with Crippen LogP contribution in [0.15, 0.2) is 16.5 Å². The second-order valence-corrected chi connectivity index (χ2v) is 3.55. The molecule has 1 aromatic heterocycles. The summed E-state index contributed by atoms with van der Waals surface area (Å²) in [6.45, 7) is 4.35. The van der Waals surface area contributed by atoms with Crippen molar-refractivity contribution in [2.45, 2.75) is 19.9 Å². The fourth-order valence-corrected chi connectivity index (χ4v) is 1.30. The van der Waals surface area contributed by atoms with E-state index in [9.17, 15) is 4.79 Å². The molecule has 1 rings (SSSR count). The smallest absolute Gasteiger partial charge is 0.234 e. The monoisotopic (exact) mass is 220 g/mol. The van der Waals surface area contributed by atoms with E-state index in [1.807, 2.05) is 26.0 Å². The minimum atomic E-state index is -0.131. The first-order chi connectivity index (χ1) is 7.63. The third-order valence-corrected chi connectivity index (χ3v) is 2.08. The van der Waals surface area contributed by atoms with Crippen LogP contribution in [0.4, 0.5) is 0 Å². The fraction of sp³-hybridized carbons (Fsp3) is 0.417. The number of amides is 1. The van der Waals surface area contributed by atoms with Gasteiger partial charge in [-0.15, -0.1) is 6.42 Å². The number of hydrogen-bond acceptors (Lipinski definition) is 3. The molecule has 0 saturated heterocycles. The molecular formula is C12H16N2O2. The summed E-state index contributed by atoms with van der Waals surface area (Å²) < 4.78 is 5.40. The Balaban J connectivity index is 2.37. The molecule has 16 heavy (non-hydrogen) atoms. The predicted octanol–water partition coefficient (Wildman–Crippen LogP) is 0.988. The Morgan fingerprint density at radius 3 is 2.94 bits per heavy atom. The molecule has 1 amide bonds. The van der Waals surface area contributed by atoms with Crippen LogP contribution >= 0.6 is 0 Å². The van der Waals surface area contributed by atoms with Crippen molar-refractivity contribution in [3.63, 3.8) is 0 Å². The maximum absolute atomic E-state index is 11.4. The molecule has 0 aliphatic heterocycles. The largest absolute Gasteiger partial charge is 0.464 e. The Morgan fingerprint density at radius 1 is 1.62 bits per heavy atom. The minimum Gasteiger partial charge on any atom is -0.464 e. The van der Waals surface area contributed by atoms with Crippen molar-refractivity contribution in [3.05, 3.63) is 23.7 Å². The summed E-state index contributed by atoms with van der Waals surface area (Å²) in [5.41, 5.74) is 0. The van der Waals surface area contributed by atoms with E-state index >= 15 is 0 Å². The lowest BCUT2D eigenvalue weighted by atomic mass is 10.2. The molecule has 0 fully saturated rings. The zero-order valence-corrected chi connectivity index (χ0v) is 9.54. The van der Waals surface area contributed by atoms with Crippen LogP contribution in [0.3, 0.4) is 0 Å². The van der Waals surface area contributed by atoms with Gasteiger partial charge in [0.25, 0.3) is 0 Å². The number of carbonyl (C=O) groups is 1. The highest BCUT2D eigenvalue weighted by molar-refractivity contribution is 5.78. The number of carbonyl (C=O) groups excluding carboxylic acids is 1. The minimum absolute atomic E-state index is 0.100. The van der Waals surface area contributed by atoms with Gasteiger partial charge in [0, 0.05) is 0 Å². The van der Waals surface area contributed by atoms with Crippen LogP contribution in [0.5, 0.6) is 0 Å². The number of rotatable bonds is 5. The number of furan rings is 1. The summed E-state index contributed by atoms with van der Waals surface area (Å²) in [5.74, 6) is 3.89. The van der Waals surface area contributed by atoms with Crippen LogP contribution in [0, 0.1) is 19.3 Å². The van der Waals surface area contributed by atoms with Crippen molar-refractivity contribution in [1.29, 1.82) is 0 Å². The van der Waals surface area contributed by atoms with E-state index < -0.39 is 0 Å². The average Bonchev–Trinajstić information content (AvgIpc) is 2.65. The third-order valence-electron chi connectivity index (χ3n) is 2.08. The van der Waals surface area contributed by atoms with E-state index in [1.54, 1.807) is 0 Å². The topological polar surface area (TPSA) is 54.3 Å². The first-order valence-corrected chi connectivity index (χ1v) is 5.13. The van der Waals surface area contributed by atoms with Gasteiger partial charge in [-0.05, 0) is 26.0 Å². The standard InChI is InChI=1S/C12H16N2O2/c1-4-7-13-8-12(15)14-10(3)11-6-5-9(2)16-11/h1,5-6,10,13H,7-8H2,2-3H3,(H,14,15). The van der Waals surface area contributed by atoms with E-state index in [0.717, 1.165) is 11.5 Å². The van der Waals surface area contributed by atoms with Gasteiger partial charge in [-0.1, -0.05) is 5.92 Å². The summed E-state index contributed by atoms with van der Waals surface area (Å²) in [5, 5.41) is 5.62. The quantitative estimate of drug-likeness (QED) is 0.574. The first-order valence-electron chi connectivity index (χ1n) is 5.13. The average molecular weight is 220 g/mol. The summed E-state index contributed by atoms with van der Waals surface area (Å²) in [6, 6.07) is 3.60. The van der Waals surface area contributed by atoms with Crippen molar-refractivity contribution in [2.75, 3.05) is 13.1 Å². The van der Waals surface area contributed by atoms with Crippen LogP contribution in [-0.2, 0) is 4.79 Å². The van der Waals surface area contributed by atoms with E-state index in [1.165, 1.54) is 0 Å². The summed E-state index contributed by atoms with van der Waals surface area (Å²) in [7, 11) is 0. The van der Waals surface area contributed by atoms with Crippen molar-refractivity contribution < 1.29 is 9.21 Å². The molecule has 86 valence electrons. The first kappa shape index (κ1) is 12.3. The van der Waals surface area contributed by atoms with Gasteiger partial charge >= 0.3 is 0 Å². The van der Waals surface area contributed by atoms with Crippen molar-refractivity contribution >= 4 is 5.91 Å². The predicted molar refractivity (Wildman–Crippen MR) is 61.7 cm³/mol. The second kappa shape index (κ2) is 5.99. The molecule has 1 heterocycles. The number of terminal acetylenes is 1. The second-order valence-electron chi connectivity index (χ2n) is 3.55. The van der Waals surface area contributed by atoms with Gasteiger partial charge in [0.1, 0.15) is 11.5 Å². The SMILES string of the molecule is C#CCNCC(=O)NC(C)c1ccc(C)o1. The Morgan fingerprint density at radius 2 is 2.38 bits per heavy atom. The van der Waals surface area contributed by atoms with Gasteiger partial charge in [-0.3, -0.25) is 10.1 Å². The van der Waals surface area contributed by atoms with Crippen molar-refractivity contribution in [1.82, 2.24) is 10.6 Å². The molecule has 0 aliphatic carbocycles. The molecule has 0 saturated carbocycles. The Bertz CT molecular complexity index is 390. The normalized spacial score (nSPS) is 11.8. The fourth-order valence-electron chi connectivity index (χ4n) is 1.30. The highest BCUT2D eigenvalue weighted by Gasteiger charge is 2.11. The van der Waals surface area contributed by atoms with Crippen LogP contribution in [0.2, 0.25) is 0 Å². The van der Waals surface area contributed by atoms with Crippen LogP contribution in [0.25, 0.3) is 0 Å². The van der Waals surface area contributed by atoms with Crippen molar-refractivity contribution in [3.8, 4) is 12.3 Å². The highest BCUT2D eigenvalue weighted by atomic mass is 16.3. The summed E-state index contributed by atoms with van der Waals surface area (Å²) in [4.78, 5) is 11.4. The third kappa shape index (κ3) is 3.79. The van der Waals surface area contributed by atoms with E-state index in [-0.39, 0.29) is 18.5 Å². The Hall–Kier alpha value is -1.73. The van der Waals surface area contributed by atoms with Gasteiger partial charge in [-0.25, -0.2) is 0 Å². The number of nitrogens with one attached hydrogen (secondary N) is 2. The molecule has 1 unspecified atom stereocenters. The summed E-state index contributed by atoms with van der Waals surface area (Å²) in [6.07, 6.45) is 5.05. The van der Waals surface area contributed by atoms with E-state index in [2.05, 4.69) is 16.6 Å². The number of aryl methyl sites for hydroxylation is 1. The molecule has 0 aliphatic rings. The number of hydrogen-bond donors (Lipinski definition) is 2. The lowest BCUT2D eigenvalue weighted by molar-refractivity contribution is -0.120. The van der Waals surface area contributed by atoms with Crippen LogP contribution in [0.1, 0.15) is 24.5 Å². The molecular weight excluding hydrogens is 204 g/mol. The van der Waals surface area contributed by atoms with Gasteiger partial charge in [0.2, 0.25) is 5.91 Å². The molecule has 2 N–H and O–H groups in total. The Labute approximate surface area is 95.4 Å². The van der Waals surface area contributed by atoms with E-state index in [0.29, 0.717) is 6.54 Å². The lowest BCUT2D eigenvalue weighted by Crippen LogP contribution is -2.35. The highest BCUT2D eigenvalue weighted by Crippen LogP contribution is 2.14. The molecule has 0 spiro atoms. The van der Waals surface area contributed by atoms with Crippen LogP contribution < -0.4 is 10.6 Å². The molecule has 4 heteroatoms. The summed E-state index contributed by atoms with van der Waals surface area (Å²) >= 11 is 0.